The molecule has 1 fully saturated rings. The normalized spacial score (nSPS) is 21.7. The lowest BCUT2D eigenvalue weighted by molar-refractivity contribution is 0.0924. The number of nitrogens with one attached hydrogen (secondary N) is 2. The third kappa shape index (κ3) is 3.07. The number of aliphatic hydroxyl groups excluding tert-OH is 1. The molecular formula is C14H18N4O4S. The number of rotatable bonds is 4. The summed E-state index contributed by atoms with van der Waals surface area (Å²) in [5.74, 6) is -0.523. The van der Waals surface area contributed by atoms with Crippen molar-refractivity contribution in [2.75, 3.05) is 25.9 Å². The molecule has 0 aliphatic carbocycles. The Bertz CT molecular complexity index is 846. The number of pyridine rings is 1. The Balaban J connectivity index is 1.89. The number of sulfone groups is 1. The van der Waals surface area contributed by atoms with Crippen molar-refractivity contribution in [2.24, 2.45) is 5.92 Å². The first-order valence-electron chi connectivity index (χ1n) is 7.22. The average Bonchev–Trinajstić information content (AvgIpc) is 3.08. The fraction of sp³-hybridized carbons (Fsp3) is 0.429. The summed E-state index contributed by atoms with van der Waals surface area (Å²) in [6, 6.07) is 5.03. The molecule has 23 heavy (non-hydrogen) atoms. The molecule has 2 atom stereocenters. The van der Waals surface area contributed by atoms with Crippen LogP contribution >= 0.6 is 0 Å². The summed E-state index contributed by atoms with van der Waals surface area (Å²) in [4.78, 5) is 16.4. The zero-order valence-corrected chi connectivity index (χ0v) is 13.4. The molecule has 0 bridgehead atoms. The van der Waals surface area contributed by atoms with Gasteiger partial charge in [-0.3, -0.25) is 9.20 Å². The first-order valence-corrected chi connectivity index (χ1v) is 9.11. The number of amides is 1. The van der Waals surface area contributed by atoms with Crippen LogP contribution in [-0.2, 0) is 9.84 Å². The van der Waals surface area contributed by atoms with E-state index in [-0.39, 0.29) is 16.8 Å². The summed E-state index contributed by atoms with van der Waals surface area (Å²) in [5.41, 5.74) is 0.488. The molecule has 124 valence electrons. The van der Waals surface area contributed by atoms with Crippen molar-refractivity contribution in [1.82, 2.24) is 20.0 Å². The van der Waals surface area contributed by atoms with Gasteiger partial charge in [0.15, 0.2) is 5.69 Å². The van der Waals surface area contributed by atoms with Crippen LogP contribution in [0.15, 0.2) is 29.6 Å². The van der Waals surface area contributed by atoms with E-state index in [0.29, 0.717) is 25.2 Å². The Kier molecular flexibility index (Phi) is 4.09. The van der Waals surface area contributed by atoms with Crippen molar-refractivity contribution in [3.63, 3.8) is 0 Å². The smallest absolute Gasteiger partial charge is 0.272 e. The summed E-state index contributed by atoms with van der Waals surface area (Å²) in [6.45, 7) is 1.43. The molecular weight excluding hydrogens is 320 g/mol. The molecule has 3 rings (SSSR count). The maximum absolute atomic E-state index is 12.4. The number of fused-ring (bicyclic) bond motifs is 1. The zero-order valence-electron chi connectivity index (χ0n) is 12.6. The lowest BCUT2D eigenvalue weighted by Gasteiger charge is -2.13. The van der Waals surface area contributed by atoms with Crippen LogP contribution in [0.4, 0.5) is 0 Å². The highest BCUT2D eigenvalue weighted by Crippen LogP contribution is 2.17. The molecule has 1 aliphatic rings. The second kappa shape index (κ2) is 5.91. The predicted molar refractivity (Wildman–Crippen MR) is 83.0 cm³/mol. The minimum atomic E-state index is -3.56. The second-order valence-electron chi connectivity index (χ2n) is 5.67. The Labute approximate surface area is 133 Å². The van der Waals surface area contributed by atoms with E-state index < -0.39 is 21.8 Å². The molecule has 0 aromatic carbocycles. The lowest BCUT2D eigenvalue weighted by atomic mass is 10.1. The van der Waals surface area contributed by atoms with E-state index in [9.17, 15) is 18.3 Å². The summed E-state index contributed by atoms with van der Waals surface area (Å²) in [5, 5.41) is 15.3. The predicted octanol–water partition coefficient (Wildman–Crippen LogP) is -0.952. The first kappa shape index (κ1) is 15.9. The number of hydrogen-bond donors (Lipinski definition) is 3. The van der Waals surface area contributed by atoms with Crippen molar-refractivity contribution in [2.45, 2.75) is 11.3 Å². The molecule has 2 unspecified atom stereocenters. The van der Waals surface area contributed by atoms with E-state index in [1.54, 1.807) is 24.4 Å². The Hall–Kier alpha value is -1.97. The number of aliphatic hydroxyl groups is 1. The van der Waals surface area contributed by atoms with Crippen molar-refractivity contribution in [3.8, 4) is 0 Å². The molecule has 1 amide bonds. The van der Waals surface area contributed by atoms with Crippen LogP contribution in [0, 0.1) is 5.92 Å². The fourth-order valence-corrected chi connectivity index (χ4v) is 3.45. The maximum atomic E-state index is 12.4. The lowest BCUT2D eigenvalue weighted by Crippen LogP contribution is -2.34. The fourth-order valence-electron chi connectivity index (χ4n) is 2.67. The van der Waals surface area contributed by atoms with Crippen LogP contribution in [0.2, 0.25) is 0 Å². The monoisotopic (exact) mass is 338 g/mol. The van der Waals surface area contributed by atoms with E-state index >= 15 is 0 Å². The van der Waals surface area contributed by atoms with Crippen LogP contribution in [-0.4, -0.2) is 60.8 Å². The van der Waals surface area contributed by atoms with Gasteiger partial charge in [-0.15, -0.1) is 0 Å². The van der Waals surface area contributed by atoms with Gasteiger partial charge in [-0.1, -0.05) is 6.07 Å². The Morgan fingerprint density at radius 3 is 2.91 bits per heavy atom. The van der Waals surface area contributed by atoms with Gasteiger partial charge >= 0.3 is 0 Å². The first-order chi connectivity index (χ1) is 10.9. The number of nitrogens with zero attached hydrogens (tertiary/aromatic N) is 2. The number of hydrogen-bond acceptors (Lipinski definition) is 6. The number of carbonyl (C=O) groups is 1. The van der Waals surface area contributed by atoms with E-state index in [4.69, 9.17) is 0 Å². The van der Waals surface area contributed by atoms with Crippen LogP contribution in [0.3, 0.4) is 0 Å². The van der Waals surface area contributed by atoms with Gasteiger partial charge in [-0.05, 0) is 12.1 Å². The maximum Gasteiger partial charge on any atom is 0.272 e. The zero-order chi connectivity index (χ0) is 16.6. The van der Waals surface area contributed by atoms with Gasteiger partial charge in [0.2, 0.25) is 15.0 Å². The molecule has 1 saturated heterocycles. The van der Waals surface area contributed by atoms with Crippen molar-refractivity contribution >= 4 is 21.3 Å². The molecule has 1 aliphatic heterocycles. The van der Waals surface area contributed by atoms with Crippen LogP contribution in [0.1, 0.15) is 10.5 Å². The van der Waals surface area contributed by atoms with Crippen LogP contribution in [0.5, 0.6) is 0 Å². The highest BCUT2D eigenvalue weighted by atomic mass is 32.2. The molecule has 3 heterocycles. The van der Waals surface area contributed by atoms with Crippen molar-refractivity contribution < 1.29 is 18.3 Å². The van der Waals surface area contributed by atoms with E-state index in [0.717, 1.165) is 6.26 Å². The van der Waals surface area contributed by atoms with Gasteiger partial charge in [0.25, 0.3) is 5.91 Å². The number of β-amino-alcohol motifs (C(OH)–C–C–N with tert-alkyl or cyclic N) is 1. The molecule has 0 radical (unpaired) electrons. The third-order valence-electron chi connectivity index (χ3n) is 3.89. The van der Waals surface area contributed by atoms with E-state index in [1.165, 1.54) is 4.40 Å². The van der Waals surface area contributed by atoms with Gasteiger partial charge in [0.05, 0.1) is 11.6 Å². The average molecular weight is 338 g/mol. The number of carbonyl (C=O) groups excluding carboxylic acids is 1. The molecule has 8 nitrogen and oxygen atoms in total. The van der Waals surface area contributed by atoms with Crippen molar-refractivity contribution in [3.05, 3.63) is 30.1 Å². The quantitative estimate of drug-likeness (QED) is 0.662. The number of aromatic nitrogens is 2. The standard InChI is InChI=1S/C14H18N4O4S/c1-23(21,22)14-17-12(10-4-2-3-5-18(10)14)13(20)16-7-9-6-15-8-11(9)19/h2-5,9,11,15,19H,6-8H2,1H3,(H,16,20). The Morgan fingerprint density at radius 2 is 2.26 bits per heavy atom. The molecule has 2 aromatic heterocycles. The second-order valence-corrected chi connectivity index (χ2v) is 7.58. The molecule has 2 aromatic rings. The molecule has 0 spiro atoms. The topological polar surface area (TPSA) is 113 Å². The summed E-state index contributed by atoms with van der Waals surface area (Å²) in [7, 11) is -3.56. The summed E-state index contributed by atoms with van der Waals surface area (Å²) >= 11 is 0. The van der Waals surface area contributed by atoms with Gasteiger partial charge < -0.3 is 15.7 Å². The van der Waals surface area contributed by atoms with E-state index in [2.05, 4.69) is 15.6 Å². The minimum Gasteiger partial charge on any atom is -0.391 e. The summed E-state index contributed by atoms with van der Waals surface area (Å²) < 4.78 is 25.1. The minimum absolute atomic E-state index is 0.0615. The van der Waals surface area contributed by atoms with Gasteiger partial charge in [-0.25, -0.2) is 13.4 Å². The SMILES string of the molecule is CS(=O)(=O)c1nc(C(=O)NCC2CNCC2O)c2ccccn12. The highest BCUT2D eigenvalue weighted by molar-refractivity contribution is 7.90. The van der Waals surface area contributed by atoms with Gasteiger partial charge in [-0.2, -0.15) is 0 Å². The summed E-state index contributed by atoms with van der Waals surface area (Å²) in [6.07, 6.45) is 2.11. The van der Waals surface area contributed by atoms with Gasteiger partial charge in [0, 0.05) is 38.0 Å². The third-order valence-corrected chi connectivity index (χ3v) is 4.84. The van der Waals surface area contributed by atoms with Crippen LogP contribution in [0.25, 0.3) is 5.52 Å². The number of imidazole rings is 1. The van der Waals surface area contributed by atoms with Gasteiger partial charge in [0.1, 0.15) is 0 Å². The molecule has 0 saturated carbocycles. The molecule has 3 N–H and O–H groups in total. The highest BCUT2D eigenvalue weighted by Gasteiger charge is 2.27. The Morgan fingerprint density at radius 1 is 1.48 bits per heavy atom. The van der Waals surface area contributed by atoms with E-state index in [1.807, 2.05) is 0 Å². The van der Waals surface area contributed by atoms with Crippen molar-refractivity contribution in [1.29, 1.82) is 0 Å². The molecule has 9 heteroatoms. The largest absolute Gasteiger partial charge is 0.391 e. The van der Waals surface area contributed by atoms with Crippen LogP contribution < -0.4 is 10.6 Å².